The van der Waals surface area contributed by atoms with Crippen molar-refractivity contribution in [2.45, 2.75) is 0 Å². The van der Waals surface area contributed by atoms with Crippen LogP contribution in [0.2, 0.25) is 0 Å². The van der Waals surface area contributed by atoms with Crippen LogP contribution in [0.3, 0.4) is 0 Å². The van der Waals surface area contributed by atoms with Crippen molar-refractivity contribution in [3.8, 4) is 28.9 Å². The van der Waals surface area contributed by atoms with Gasteiger partial charge in [0.2, 0.25) is 5.88 Å². The van der Waals surface area contributed by atoms with E-state index < -0.39 is 0 Å². The zero-order valence-electron chi connectivity index (χ0n) is 15.2. The van der Waals surface area contributed by atoms with Gasteiger partial charge in [-0.2, -0.15) is 4.98 Å². The van der Waals surface area contributed by atoms with Crippen LogP contribution in [0.5, 0.6) is 28.9 Å². The highest BCUT2D eigenvalue weighted by atomic mass is 16.5. The summed E-state index contributed by atoms with van der Waals surface area (Å²) in [5.41, 5.74) is 7.10. The zero-order valence-corrected chi connectivity index (χ0v) is 15.2. The second-order valence-corrected chi connectivity index (χ2v) is 5.41. The molecule has 1 aromatic heterocycles. The molecule has 0 aliphatic carbocycles. The van der Waals surface area contributed by atoms with E-state index in [1.165, 1.54) is 6.33 Å². The Morgan fingerprint density at radius 2 is 1.48 bits per heavy atom. The average molecular weight is 368 g/mol. The van der Waals surface area contributed by atoms with E-state index in [0.29, 0.717) is 28.8 Å². The Hall–Kier alpha value is -3.68. The maximum Gasteiger partial charge on any atom is 0.248 e. The van der Waals surface area contributed by atoms with Gasteiger partial charge in [0.15, 0.2) is 5.82 Å². The standard InChI is InChI=1S/C19H20N4O4/c1-24-12-4-6-13(7-5-12)27-19-17(20)18(21-11-22-19)23-15-10-14(25-2)8-9-16(15)26-3/h4-11H,20H2,1-3H3,(H,21,22,23). The van der Waals surface area contributed by atoms with Crippen molar-refractivity contribution in [1.29, 1.82) is 0 Å². The maximum atomic E-state index is 6.19. The summed E-state index contributed by atoms with van der Waals surface area (Å²) >= 11 is 0. The van der Waals surface area contributed by atoms with Gasteiger partial charge >= 0.3 is 0 Å². The van der Waals surface area contributed by atoms with Crippen molar-refractivity contribution in [2.75, 3.05) is 32.4 Å². The molecule has 2 aromatic carbocycles. The van der Waals surface area contributed by atoms with E-state index in [1.807, 2.05) is 0 Å². The highest BCUT2D eigenvalue weighted by Crippen LogP contribution is 2.35. The Labute approximate surface area is 156 Å². The molecule has 3 rings (SSSR count). The normalized spacial score (nSPS) is 10.2. The lowest BCUT2D eigenvalue weighted by Crippen LogP contribution is -2.04. The molecule has 0 bridgehead atoms. The van der Waals surface area contributed by atoms with Gasteiger partial charge in [0.1, 0.15) is 35.0 Å². The van der Waals surface area contributed by atoms with Crippen molar-refractivity contribution in [3.63, 3.8) is 0 Å². The third kappa shape index (κ3) is 4.12. The molecule has 3 N–H and O–H groups in total. The second kappa shape index (κ2) is 8.13. The minimum absolute atomic E-state index is 0.236. The summed E-state index contributed by atoms with van der Waals surface area (Å²) in [7, 11) is 4.77. The molecule has 0 atom stereocenters. The summed E-state index contributed by atoms with van der Waals surface area (Å²) in [6.45, 7) is 0. The first-order valence-corrected chi connectivity index (χ1v) is 8.06. The van der Waals surface area contributed by atoms with Gasteiger partial charge in [0.05, 0.1) is 27.0 Å². The fourth-order valence-electron chi connectivity index (χ4n) is 2.36. The van der Waals surface area contributed by atoms with Gasteiger partial charge < -0.3 is 30.0 Å². The van der Waals surface area contributed by atoms with E-state index >= 15 is 0 Å². The molecule has 140 valence electrons. The molecule has 1 heterocycles. The number of methoxy groups -OCH3 is 3. The lowest BCUT2D eigenvalue weighted by molar-refractivity contribution is 0.405. The number of benzene rings is 2. The smallest absolute Gasteiger partial charge is 0.248 e. The SMILES string of the molecule is COc1ccc(Oc2ncnc(Nc3cc(OC)ccc3OC)c2N)cc1. The lowest BCUT2D eigenvalue weighted by atomic mass is 10.2. The Kier molecular flexibility index (Phi) is 5.46. The number of nitrogens with one attached hydrogen (secondary N) is 1. The summed E-state index contributed by atoms with van der Waals surface area (Å²) in [5, 5.41) is 3.13. The predicted octanol–water partition coefficient (Wildman–Crippen LogP) is 3.62. The average Bonchev–Trinajstić information content (AvgIpc) is 2.71. The minimum atomic E-state index is 0.236. The molecule has 0 saturated carbocycles. The molecular formula is C19H20N4O4. The fraction of sp³-hybridized carbons (Fsp3) is 0.158. The number of nitrogens with zero attached hydrogens (tertiary/aromatic N) is 2. The maximum absolute atomic E-state index is 6.19. The molecule has 3 aromatic rings. The molecule has 0 radical (unpaired) electrons. The number of aromatic nitrogens is 2. The number of hydrogen-bond acceptors (Lipinski definition) is 8. The fourth-order valence-corrected chi connectivity index (χ4v) is 2.36. The topological polar surface area (TPSA) is 101 Å². The van der Waals surface area contributed by atoms with Crippen LogP contribution in [0.4, 0.5) is 17.2 Å². The second-order valence-electron chi connectivity index (χ2n) is 5.41. The van der Waals surface area contributed by atoms with E-state index in [-0.39, 0.29) is 11.6 Å². The Morgan fingerprint density at radius 1 is 0.815 bits per heavy atom. The molecule has 8 heteroatoms. The first-order chi connectivity index (χ1) is 13.1. The Balaban J connectivity index is 1.86. The van der Waals surface area contributed by atoms with Gasteiger partial charge in [-0.15, -0.1) is 0 Å². The van der Waals surface area contributed by atoms with Crippen molar-refractivity contribution < 1.29 is 18.9 Å². The molecule has 0 aliphatic rings. The highest BCUT2D eigenvalue weighted by molar-refractivity contribution is 5.75. The molecule has 27 heavy (non-hydrogen) atoms. The number of hydrogen-bond donors (Lipinski definition) is 2. The van der Waals surface area contributed by atoms with Crippen molar-refractivity contribution in [3.05, 3.63) is 48.8 Å². The summed E-state index contributed by atoms with van der Waals surface area (Å²) in [4.78, 5) is 8.30. The quantitative estimate of drug-likeness (QED) is 0.652. The van der Waals surface area contributed by atoms with Crippen LogP contribution in [0.1, 0.15) is 0 Å². The summed E-state index contributed by atoms with van der Waals surface area (Å²) in [6.07, 6.45) is 1.37. The number of rotatable bonds is 7. The molecule has 0 saturated heterocycles. The van der Waals surface area contributed by atoms with Crippen LogP contribution in [-0.2, 0) is 0 Å². The number of anilines is 3. The number of ether oxygens (including phenoxy) is 4. The molecule has 0 unspecified atom stereocenters. The van der Waals surface area contributed by atoms with Crippen molar-refractivity contribution in [1.82, 2.24) is 9.97 Å². The van der Waals surface area contributed by atoms with Gasteiger partial charge in [-0.3, -0.25) is 0 Å². The zero-order chi connectivity index (χ0) is 19.2. The van der Waals surface area contributed by atoms with Crippen LogP contribution in [0.25, 0.3) is 0 Å². The van der Waals surface area contributed by atoms with E-state index in [9.17, 15) is 0 Å². The lowest BCUT2D eigenvalue weighted by Gasteiger charge is -2.14. The molecule has 0 amide bonds. The van der Waals surface area contributed by atoms with Gasteiger partial charge in [-0.05, 0) is 36.4 Å². The number of nitrogen functional groups attached to an aromatic ring is 1. The minimum Gasteiger partial charge on any atom is -0.497 e. The largest absolute Gasteiger partial charge is 0.497 e. The van der Waals surface area contributed by atoms with E-state index in [2.05, 4.69) is 15.3 Å². The van der Waals surface area contributed by atoms with E-state index in [1.54, 1.807) is 63.8 Å². The van der Waals surface area contributed by atoms with Crippen LogP contribution >= 0.6 is 0 Å². The van der Waals surface area contributed by atoms with Crippen LogP contribution in [0.15, 0.2) is 48.8 Å². The molecular weight excluding hydrogens is 348 g/mol. The Morgan fingerprint density at radius 3 is 2.15 bits per heavy atom. The van der Waals surface area contributed by atoms with E-state index in [0.717, 1.165) is 5.75 Å². The molecule has 0 spiro atoms. The van der Waals surface area contributed by atoms with Gasteiger partial charge in [0.25, 0.3) is 0 Å². The third-order valence-corrected chi connectivity index (χ3v) is 3.78. The first kappa shape index (κ1) is 18.1. The van der Waals surface area contributed by atoms with Crippen LogP contribution < -0.4 is 30.0 Å². The van der Waals surface area contributed by atoms with Gasteiger partial charge in [-0.25, -0.2) is 4.98 Å². The monoisotopic (exact) mass is 368 g/mol. The van der Waals surface area contributed by atoms with E-state index in [4.69, 9.17) is 24.7 Å². The van der Waals surface area contributed by atoms with Crippen molar-refractivity contribution in [2.24, 2.45) is 0 Å². The summed E-state index contributed by atoms with van der Waals surface area (Å²) in [5.74, 6) is 3.21. The highest BCUT2D eigenvalue weighted by Gasteiger charge is 2.13. The predicted molar refractivity (Wildman–Crippen MR) is 102 cm³/mol. The summed E-state index contributed by atoms with van der Waals surface area (Å²) in [6, 6.07) is 12.5. The van der Waals surface area contributed by atoms with Crippen molar-refractivity contribution >= 4 is 17.2 Å². The van der Waals surface area contributed by atoms with Crippen LogP contribution in [0, 0.1) is 0 Å². The first-order valence-electron chi connectivity index (χ1n) is 8.06. The molecule has 0 fully saturated rings. The summed E-state index contributed by atoms with van der Waals surface area (Å²) < 4.78 is 21.5. The van der Waals surface area contributed by atoms with Gasteiger partial charge in [-0.1, -0.05) is 0 Å². The third-order valence-electron chi connectivity index (χ3n) is 3.78. The molecule has 0 aliphatic heterocycles. The number of nitrogens with two attached hydrogens (primary N) is 1. The molecule has 8 nitrogen and oxygen atoms in total. The van der Waals surface area contributed by atoms with Gasteiger partial charge in [0, 0.05) is 6.07 Å². The van der Waals surface area contributed by atoms with Crippen LogP contribution in [-0.4, -0.2) is 31.3 Å². The Bertz CT molecular complexity index is 916.